The molecule has 114 valence electrons. The van der Waals surface area contributed by atoms with Gasteiger partial charge >= 0.3 is 0 Å². The Balaban J connectivity index is 2.10. The Morgan fingerprint density at radius 3 is 2.86 bits per heavy atom. The van der Waals surface area contributed by atoms with Crippen molar-refractivity contribution < 1.29 is 9.53 Å². The first-order chi connectivity index (χ1) is 10.0. The third kappa shape index (κ3) is 3.78. The minimum absolute atomic E-state index is 0.0756. The van der Waals surface area contributed by atoms with Gasteiger partial charge in [-0.1, -0.05) is 23.2 Å². The largest absolute Gasteiger partial charge is 0.383 e. The number of hydrogen-bond acceptors (Lipinski definition) is 4. The number of fused-ring (bicyclic) bond motifs is 1. The second-order valence-electron chi connectivity index (χ2n) is 4.47. The van der Waals surface area contributed by atoms with Crippen LogP contribution in [-0.4, -0.2) is 35.7 Å². The highest BCUT2D eigenvalue weighted by Gasteiger charge is 2.12. The number of halogens is 2. The zero-order valence-corrected chi connectivity index (χ0v) is 13.0. The van der Waals surface area contributed by atoms with Crippen LogP contribution in [0.4, 0.5) is 5.95 Å². The third-order valence-corrected chi connectivity index (χ3v) is 3.73. The van der Waals surface area contributed by atoms with Gasteiger partial charge in [0.25, 0.3) is 0 Å². The zero-order chi connectivity index (χ0) is 15.4. The number of nitrogens with two attached hydrogens (primary N) is 1. The fourth-order valence-electron chi connectivity index (χ4n) is 1.97. The lowest BCUT2D eigenvalue weighted by Crippen LogP contribution is -2.27. The summed E-state index contributed by atoms with van der Waals surface area (Å²) in [6.45, 7) is 1.38. The van der Waals surface area contributed by atoms with Crippen molar-refractivity contribution in [1.82, 2.24) is 14.9 Å². The number of carbonyl (C=O) groups excluding carboxylic acids is 1. The van der Waals surface area contributed by atoms with Gasteiger partial charge in [0.2, 0.25) is 11.9 Å². The summed E-state index contributed by atoms with van der Waals surface area (Å²) in [7, 11) is 1.58. The molecular weight excluding hydrogens is 315 g/mol. The van der Waals surface area contributed by atoms with Gasteiger partial charge in [0, 0.05) is 26.6 Å². The molecule has 2 aromatic rings. The molecular formula is C13H16Cl2N4O2. The highest BCUT2D eigenvalue weighted by Crippen LogP contribution is 2.29. The quantitative estimate of drug-likeness (QED) is 0.794. The van der Waals surface area contributed by atoms with Crippen molar-refractivity contribution in [3.8, 4) is 0 Å². The van der Waals surface area contributed by atoms with Crippen molar-refractivity contribution in [2.24, 2.45) is 0 Å². The summed E-state index contributed by atoms with van der Waals surface area (Å²) in [5, 5.41) is 3.60. The Kier molecular flexibility index (Phi) is 5.27. The highest BCUT2D eigenvalue weighted by atomic mass is 35.5. The van der Waals surface area contributed by atoms with Crippen LogP contribution in [0, 0.1) is 0 Å². The SMILES string of the molecule is COCCNC(=O)CCn1c(N)nc2cc(Cl)c(Cl)cc21. The lowest BCUT2D eigenvalue weighted by Gasteiger charge is -2.08. The standard InChI is InChI=1S/C13H16Cl2N4O2/c1-21-5-3-17-12(20)2-4-19-11-7-9(15)8(14)6-10(11)18-13(19)16/h6-7H,2-5H2,1H3,(H2,16,18)(H,17,20). The fraction of sp³-hybridized carbons (Fsp3) is 0.385. The maximum atomic E-state index is 11.7. The highest BCUT2D eigenvalue weighted by molar-refractivity contribution is 6.42. The molecule has 1 aromatic carbocycles. The molecule has 0 saturated carbocycles. The van der Waals surface area contributed by atoms with Crippen molar-refractivity contribution in [3.63, 3.8) is 0 Å². The Morgan fingerprint density at radius 1 is 1.43 bits per heavy atom. The lowest BCUT2D eigenvalue weighted by atomic mass is 10.3. The number of imidazole rings is 1. The number of nitrogens with one attached hydrogen (secondary N) is 1. The molecule has 1 aromatic heterocycles. The number of benzene rings is 1. The molecule has 0 radical (unpaired) electrons. The predicted molar refractivity (Wildman–Crippen MR) is 83.7 cm³/mol. The summed E-state index contributed by atoms with van der Waals surface area (Å²) < 4.78 is 6.61. The second-order valence-corrected chi connectivity index (χ2v) is 5.28. The summed E-state index contributed by atoms with van der Waals surface area (Å²) in [6.07, 6.45) is 0.291. The van der Waals surface area contributed by atoms with E-state index in [0.717, 1.165) is 5.52 Å². The van der Waals surface area contributed by atoms with E-state index in [1.165, 1.54) is 0 Å². The number of aromatic nitrogens is 2. The molecule has 2 rings (SSSR count). The van der Waals surface area contributed by atoms with Crippen LogP contribution in [0.15, 0.2) is 12.1 Å². The minimum Gasteiger partial charge on any atom is -0.383 e. The topological polar surface area (TPSA) is 82.2 Å². The summed E-state index contributed by atoms with van der Waals surface area (Å²) in [5.74, 6) is 0.251. The monoisotopic (exact) mass is 330 g/mol. The first-order valence-electron chi connectivity index (χ1n) is 6.39. The van der Waals surface area contributed by atoms with Crippen molar-refractivity contribution in [2.75, 3.05) is 26.0 Å². The number of carbonyl (C=O) groups is 1. The van der Waals surface area contributed by atoms with Gasteiger partial charge in [-0.2, -0.15) is 0 Å². The maximum absolute atomic E-state index is 11.7. The molecule has 0 aliphatic heterocycles. The van der Waals surface area contributed by atoms with E-state index in [1.54, 1.807) is 23.8 Å². The first-order valence-corrected chi connectivity index (χ1v) is 7.15. The van der Waals surface area contributed by atoms with Crippen LogP contribution in [0.2, 0.25) is 10.0 Å². The maximum Gasteiger partial charge on any atom is 0.221 e. The summed E-state index contributed by atoms with van der Waals surface area (Å²) in [5.41, 5.74) is 7.29. The van der Waals surface area contributed by atoms with Crippen molar-refractivity contribution >= 4 is 46.1 Å². The molecule has 0 aliphatic rings. The number of aryl methyl sites for hydroxylation is 1. The smallest absolute Gasteiger partial charge is 0.221 e. The molecule has 0 atom stereocenters. The molecule has 8 heteroatoms. The molecule has 3 N–H and O–H groups in total. The van der Waals surface area contributed by atoms with Crippen LogP contribution in [0.25, 0.3) is 11.0 Å². The van der Waals surface area contributed by atoms with Crippen LogP contribution in [0.5, 0.6) is 0 Å². The van der Waals surface area contributed by atoms with E-state index in [9.17, 15) is 4.79 Å². The number of methoxy groups -OCH3 is 1. The summed E-state index contributed by atoms with van der Waals surface area (Å²) in [6, 6.07) is 3.36. The lowest BCUT2D eigenvalue weighted by molar-refractivity contribution is -0.121. The molecule has 0 spiro atoms. The number of hydrogen-bond donors (Lipinski definition) is 2. The van der Waals surface area contributed by atoms with Crippen LogP contribution in [0.1, 0.15) is 6.42 Å². The van der Waals surface area contributed by atoms with Gasteiger partial charge in [-0.3, -0.25) is 4.79 Å². The molecule has 0 unspecified atom stereocenters. The van der Waals surface area contributed by atoms with Gasteiger partial charge in [0.1, 0.15) is 0 Å². The first kappa shape index (κ1) is 15.9. The summed E-state index contributed by atoms with van der Waals surface area (Å²) >= 11 is 12.0. The van der Waals surface area contributed by atoms with E-state index in [2.05, 4.69) is 10.3 Å². The number of anilines is 1. The Hall–Kier alpha value is -1.50. The van der Waals surface area contributed by atoms with Crippen molar-refractivity contribution in [2.45, 2.75) is 13.0 Å². The Labute approximate surface area is 132 Å². The number of rotatable bonds is 6. The number of nitrogen functional groups attached to an aromatic ring is 1. The van der Waals surface area contributed by atoms with Crippen LogP contribution >= 0.6 is 23.2 Å². The van der Waals surface area contributed by atoms with Gasteiger partial charge in [0.15, 0.2) is 0 Å². The van der Waals surface area contributed by atoms with E-state index in [-0.39, 0.29) is 5.91 Å². The van der Waals surface area contributed by atoms with E-state index < -0.39 is 0 Å². The average molecular weight is 331 g/mol. The zero-order valence-electron chi connectivity index (χ0n) is 11.5. The van der Waals surface area contributed by atoms with Crippen LogP contribution in [0.3, 0.4) is 0 Å². The van der Waals surface area contributed by atoms with Crippen LogP contribution < -0.4 is 11.1 Å². The molecule has 1 amide bonds. The van der Waals surface area contributed by atoms with Gasteiger partial charge in [-0.05, 0) is 12.1 Å². The molecule has 0 bridgehead atoms. The van der Waals surface area contributed by atoms with Gasteiger partial charge < -0.3 is 20.4 Å². The Morgan fingerprint density at radius 2 is 2.14 bits per heavy atom. The number of nitrogens with zero attached hydrogens (tertiary/aromatic N) is 2. The molecule has 0 fully saturated rings. The van der Waals surface area contributed by atoms with Gasteiger partial charge in [0.05, 0.1) is 27.7 Å². The second kappa shape index (κ2) is 6.98. The van der Waals surface area contributed by atoms with E-state index >= 15 is 0 Å². The number of ether oxygens (including phenoxy) is 1. The third-order valence-electron chi connectivity index (χ3n) is 3.01. The normalized spacial score (nSPS) is 11.0. The van der Waals surface area contributed by atoms with Crippen LogP contribution in [-0.2, 0) is 16.1 Å². The molecule has 21 heavy (non-hydrogen) atoms. The summed E-state index contributed by atoms with van der Waals surface area (Å²) in [4.78, 5) is 15.9. The molecule has 0 aliphatic carbocycles. The predicted octanol–water partition coefficient (Wildman–Crippen LogP) is 2.08. The van der Waals surface area contributed by atoms with Crippen molar-refractivity contribution in [3.05, 3.63) is 22.2 Å². The number of amides is 1. The minimum atomic E-state index is -0.0756. The average Bonchev–Trinajstić information content (AvgIpc) is 2.72. The van der Waals surface area contributed by atoms with E-state index in [1.807, 2.05) is 0 Å². The Bertz CT molecular complexity index is 657. The fourth-order valence-corrected chi connectivity index (χ4v) is 2.28. The van der Waals surface area contributed by atoms with E-state index in [0.29, 0.717) is 47.6 Å². The van der Waals surface area contributed by atoms with Gasteiger partial charge in [-0.25, -0.2) is 4.98 Å². The molecule has 1 heterocycles. The molecule has 6 nitrogen and oxygen atoms in total. The van der Waals surface area contributed by atoms with E-state index in [4.69, 9.17) is 33.7 Å². The molecule has 0 saturated heterocycles. The van der Waals surface area contributed by atoms with Crippen molar-refractivity contribution in [1.29, 1.82) is 0 Å². The van der Waals surface area contributed by atoms with Gasteiger partial charge in [-0.15, -0.1) is 0 Å².